The van der Waals surface area contributed by atoms with Crippen LogP contribution in [0, 0.1) is 10.1 Å². The number of nitro groups is 1. The van der Waals surface area contributed by atoms with Crippen LogP contribution in [0.4, 0.5) is 56.9 Å². The SMILES string of the molecule is Nc1c(N=Nc2ccc3c(O)c(N=Nc4ccc(N=Nc5c(OC=O)nn(-c6ccc(S(=O)(=O)O)cc6)c5O)c(S(=O)(=O)O)c4)c(S(=O)(=O)O)cc3c2S(=O)(=O)O)cc(S(=O)(=O)O)c2ccc(N=Nc3ccccc3[N+](=O)[O-])c(O)c12.O=S(=O)=O.O=S(=O)=O.O=S(=O)=O. The first kappa shape index (κ1) is 72.9. The number of nitrogen functional groups attached to an aromatic ring is 1. The van der Waals surface area contributed by atoms with E-state index in [1.807, 2.05) is 0 Å². The second-order valence-electron chi connectivity index (χ2n) is 16.5. The van der Waals surface area contributed by atoms with Gasteiger partial charge >= 0.3 is 31.8 Å². The highest BCUT2D eigenvalue weighted by atomic mass is 32.2. The Morgan fingerprint density at radius 2 is 1.00 bits per heavy atom. The van der Waals surface area contributed by atoms with Gasteiger partial charge in [-0.1, -0.05) is 18.2 Å². The molecule has 0 spiro atoms. The maximum atomic E-state index is 13.1. The Balaban J connectivity index is 0.00000120. The fourth-order valence-electron chi connectivity index (χ4n) is 7.39. The number of aromatic nitrogens is 2. The second-order valence-corrected chi connectivity index (χ2v) is 24.7. The van der Waals surface area contributed by atoms with Gasteiger partial charge in [0.1, 0.15) is 48.0 Å². The minimum Gasteiger partial charge on any atom is -0.505 e. The van der Waals surface area contributed by atoms with Crippen molar-refractivity contribution in [3.8, 4) is 28.9 Å². The zero-order valence-electron chi connectivity index (χ0n) is 44.1. The fraction of sp³-hybridized carbons (Fsp3) is 0. The molecule has 43 nitrogen and oxygen atoms in total. The molecule has 1 heterocycles. The molecule has 0 saturated carbocycles. The number of azo groups is 4. The first-order chi connectivity index (χ1) is 43.0. The molecule has 10 N–H and O–H groups in total. The monoisotopic (exact) mass is 1450 g/mol. The Bertz CT molecular complexity index is 5440. The molecule has 8 aromatic rings. The normalized spacial score (nSPS) is 12.0. The Morgan fingerprint density at radius 3 is 1.54 bits per heavy atom. The first-order valence-corrected chi connectivity index (χ1v) is 32.8. The summed E-state index contributed by atoms with van der Waals surface area (Å²) in [5, 5.41) is 75.9. The lowest BCUT2D eigenvalue weighted by Crippen LogP contribution is -2.03. The first-order valence-electron chi connectivity index (χ1n) is 22.6. The summed E-state index contributed by atoms with van der Waals surface area (Å²) < 4.78 is 257. The summed E-state index contributed by atoms with van der Waals surface area (Å²) in [5.41, 5.74) is -0.532. The van der Waals surface area contributed by atoms with Crippen molar-refractivity contribution >= 4 is 167 Å². The van der Waals surface area contributed by atoms with Crippen LogP contribution in [0.1, 0.15) is 0 Å². The average molecular weight is 1450 g/mol. The van der Waals surface area contributed by atoms with Gasteiger partial charge in [-0.25, -0.2) is 0 Å². The number of nitro benzene ring substituents is 1. The molecule has 1 aromatic heterocycles. The van der Waals surface area contributed by atoms with Crippen molar-refractivity contribution in [2.24, 2.45) is 40.9 Å². The van der Waals surface area contributed by atoms with Crippen molar-refractivity contribution in [1.29, 1.82) is 0 Å². The third kappa shape index (κ3) is 18.4. The summed E-state index contributed by atoms with van der Waals surface area (Å²) in [6.45, 7) is -0.150. The average Bonchev–Trinajstić information content (AvgIpc) is 1.38. The Labute approximate surface area is 519 Å². The predicted octanol–water partition coefficient (Wildman–Crippen LogP) is 5.20. The number of phenols is 2. The van der Waals surface area contributed by atoms with Crippen molar-refractivity contribution in [2.45, 2.75) is 24.5 Å². The number of nitrogens with zero attached hydrogens (tertiary/aromatic N) is 11. The molecular weight excluding hydrogens is 1430 g/mol. The lowest BCUT2D eigenvalue weighted by Gasteiger charge is -2.13. The van der Waals surface area contributed by atoms with Gasteiger partial charge in [0, 0.05) is 22.2 Å². The van der Waals surface area contributed by atoms with Crippen LogP contribution >= 0.6 is 0 Å². The van der Waals surface area contributed by atoms with Crippen molar-refractivity contribution in [2.75, 3.05) is 5.73 Å². The molecule has 0 radical (unpaired) electrons. The molecule has 0 aliphatic heterocycles. The third-order valence-corrected chi connectivity index (χ3v) is 15.4. The molecule has 7 aromatic carbocycles. The highest BCUT2D eigenvalue weighted by molar-refractivity contribution is 7.87. The summed E-state index contributed by atoms with van der Waals surface area (Å²) in [5.74, 6) is -3.89. The van der Waals surface area contributed by atoms with Gasteiger partial charge in [-0.15, -0.1) is 78.8 Å². The molecule has 0 amide bonds. The van der Waals surface area contributed by atoms with E-state index in [2.05, 4.69) is 46.0 Å². The van der Waals surface area contributed by atoms with E-state index in [0.717, 1.165) is 66.7 Å². The highest BCUT2D eigenvalue weighted by Gasteiger charge is 2.30. The number of fused-ring (bicyclic) bond motifs is 2. The summed E-state index contributed by atoms with van der Waals surface area (Å²) in [6, 6.07) is 15.9. The molecule has 0 fully saturated rings. The fourth-order valence-corrected chi connectivity index (χ4v) is 10.7. The highest BCUT2D eigenvalue weighted by Crippen LogP contribution is 2.49. The minimum atomic E-state index is -5.64. The summed E-state index contributed by atoms with van der Waals surface area (Å²) in [6.07, 6.45) is 0. The number of carbonyl (C=O) groups excluding carboxylic acids is 1. The van der Waals surface area contributed by atoms with Gasteiger partial charge in [-0.3, -0.25) is 37.7 Å². The van der Waals surface area contributed by atoms with Crippen LogP contribution in [0.25, 0.3) is 27.2 Å². The van der Waals surface area contributed by atoms with Gasteiger partial charge in [0.25, 0.3) is 68.6 Å². The number of hydrogen-bond acceptors (Lipinski definition) is 36. The molecule has 490 valence electrons. The van der Waals surface area contributed by atoms with Crippen LogP contribution in [-0.2, 0) is 87.2 Å². The van der Waals surface area contributed by atoms with Crippen molar-refractivity contribution in [3.63, 3.8) is 0 Å². The van der Waals surface area contributed by atoms with E-state index in [0.29, 0.717) is 22.9 Å². The number of aromatic hydroxyl groups is 3. The van der Waals surface area contributed by atoms with E-state index >= 15 is 0 Å². The molecule has 0 unspecified atom stereocenters. The Kier molecular flexibility index (Phi) is 22.7. The number of hydrogen-bond donors (Lipinski definition) is 9. The summed E-state index contributed by atoms with van der Waals surface area (Å²) in [4.78, 5) is 16.5. The third-order valence-electron chi connectivity index (χ3n) is 10.9. The van der Waals surface area contributed by atoms with Crippen molar-refractivity contribution < 1.29 is 133 Å². The van der Waals surface area contributed by atoms with Gasteiger partial charge in [0.2, 0.25) is 11.6 Å². The van der Waals surface area contributed by atoms with E-state index in [4.69, 9.17) is 48.4 Å². The molecule has 0 saturated heterocycles. The smallest absolute Gasteiger partial charge is 0.425 e. The van der Waals surface area contributed by atoms with Gasteiger partial charge in [-0.05, 0) is 78.9 Å². The number of phenolic OH excluding ortho intramolecular Hbond substituents is 2. The summed E-state index contributed by atoms with van der Waals surface area (Å²) in [7, 11) is -35.8. The molecule has 0 aliphatic carbocycles. The number of anilines is 1. The van der Waals surface area contributed by atoms with E-state index in [-0.39, 0.29) is 17.8 Å². The lowest BCUT2D eigenvalue weighted by molar-refractivity contribution is -0.384. The maximum absolute atomic E-state index is 13.1. The summed E-state index contributed by atoms with van der Waals surface area (Å²) >= 11 is 0. The number of nitrogens with two attached hydrogens (primary N) is 1. The molecule has 0 atom stereocenters. The zero-order valence-corrected chi connectivity index (χ0v) is 50.7. The van der Waals surface area contributed by atoms with E-state index in [9.17, 15) is 95.1 Å². The molecule has 0 aliphatic rings. The van der Waals surface area contributed by atoms with Crippen LogP contribution in [0.5, 0.6) is 23.3 Å². The van der Waals surface area contributed by atoms with Gasteiger partial charge in [0.15, 0.2) is 17.2 Å². The van der Waals surface area contributed by atoms with E-state index < -0.39 is 208 Å². The van der Waals surface area contributed by atoms with E-state index in [1.165, 1.54) is 18.2 Å². The predicted molar refractivity (Wildman–Crippen MR) is 302 cm³/mol. The lowest BCUT2D eigenvalue weighted by atomic mass is 10.1. The van der Waals surface area contributed by atoms with Crippen molar-refractivity contribution in [3.05, 3.63) is 113 Å². The number of carbonyl (C=O) groups is 1. The molecule has 0 bridgehead atoms. The van der Waals surface area contributed by atoms with Crippen LogP contribution in [0.15, 0.2) is 169 Å². The maximum Gasteiger partial charge on any atom is 0.425 e. The Hall–Kier alpha value is -10.8. The number of ether oxygens (including phenoxy) is 1. The number of benzene rings is 7. The Morgan fingerprint density at radius 1 is 0.505 bits per heavy atom. The number of para-hydroxylation sites is 1. The van der Waals surface area contributed by atoms with Gasteiger partial charge in [0.05, 0.1) is 32.3 Å². The largest absolute Gasteiger partial charge is 0.505 e. The van der Waals surface area contributed by atoms with Crippen LogP contribution in [0.3, 0.4) is 0 Å². The minimum absolute atomic E-state index is 0.0966. The standard InChI is InChI=1S/C42H28N12O22S5.3O3S/c43-35-29(17-31(78(64,65)66)23-11-13-27(39(57)34(23)35)47-45-25-3-1-2-4-30(25)54(59)60)49-48-28-14-10-22-24(40(28)81(73,74)75)16-33(80(70,71)72)36(38(22)56)50-44-19-5-12-26(32(15-19)79(67,68)69)46-51-37-41(76-18-55)52-53(42(37)58)20-6-8-21(9-7-20)77(61,62)63;3*1-4(2)3/h1-18,56-58H,43H2,(H,61,62,63)(H,64,65,66)(H,67,68,69)(H,70,71,72)(H,73,74,75);;;. The van der Waals surface area contributed by atoms with Crippen LogP contribution in [0.2, 0.25) is 0 Å². The van der Waals surface area contributed by atoms with Crippen LogP contribution < -0.4 is 10.5 Å². The van der Waals surface area contributed by atoms with Crippen molar-refractivity contribution in [1.82, 2.24) is 9.78 Å². The zero-order chi connectivity index (χ0) is 70.0. The quantitative estimate of drug-likeness (QED) is 0.0141. The number of rotatable bonds is 17. The van der Waals surface area contributed by atoms with Gasteiger partial charge < -0.3 is 25.8 Å². The van der Waals surface area contributed by atoms with Crippen LogP contribution in [-0.4, -0.2) is 139 Å². The topological polar surface area (TPSA) is 698 Å². The van der Waals surface area contributed by atoms with Gasteiger partial charge in [-0.2, -0.15) is 51.9 Å². The molecule has 8 rings (SSSR count). The molecule has 51 heteroatoms. The molecular formula is C42H28N12O31S8. The second kappa shape index (κ2) is 29.0. The van der Waals surface area contributed by atoms with E-state index in [1.54, 1.807) is 0 Å². The molecule has 93 heavy (non-hydrogen) atoms.